The number of carbonyl (C=O) groups is 2. The first-order valence-corrected chi connectivity index (χ1v) is 57.2. The van der Waals surface area contributed by atoms with Crippen LogP contribution in [0.25, 0.3) is 0 Å². The predicted octanol–water partition coefficient (Wildman–Crippen LogP) is 9.76. The molecule has 36 nitrogen and oxygen atoms in total. The standard InChI is InChI=1S/C23H33NO4P.C18H35NO6.C17H33NO6.C17H37NO4P.C16H33NO5.C15H31NO5.2ClH/c1-3-23-16-11-17-24(23,4-2)20-28-29(25,26-18-21-12-7-5-8-13-21)27-19-22-14-9-6-10-15-22;1-3-17-5-4-7-19(17)18(20)6-8-22-11-12-24-15-16-25-14-13-23-10-9-21-2;1-2-16-4-3-6-18(16)17(20)5-8-21-10-12-23-14-15-24-13-11-22-9-7-19;1-9-15-12-11-13-18(15,10-2)14-20-23(19,21-16(3,4)5)22-17(6,7)8;1-3-16-5-4-6-17(16)15-22-14-13-21-12-11-20-10-9-19-8-7-18-2;1-2-15-4-3-5-16(15)14-21-13-12-20-11-10-19-9-8-18-7-6-17;;/h5-10,12-15,23H,3-4,11,16-20H2,1-2H3;17H,3-16H2,1-2H3;16,19H,2-15H2,1H3;15H,9-14H2,1-8H3;16H,3-15H2,1-2H3;15,17H,2-14H2,1H3;2*1H/q+1;;;+1;;;;/p-2. The largest absolute Gasteiger partial charge is 1.00 e. The molecule has 8 atom stereocenters. The summed E-state index contributed by atoms with van der Waals surface area (Å²) in [5, 5.41) is 17.0. The molecule has 6 aliphatic rings. The quantitative estimate of drug-likeness (QED) is 0.0353. The summed E-state index contributed by atoms with van der Waals surface area (Å²) in [6.07, 6.45) is 22.1. The normalized spacial score (nSPS) is 20.1. The van der Waals surface area contributed by atoms with Gasteiger partial charge in [-0.25, -0.2) is 18.2 Å². The molecule has 0 aliphatic carbocycles. The van der Waals surface area contributed by atoms with Gasteiger partial charge in [0.15, 0.2) is 13.5 Å². The Labute approximate surface area is 893 Å². The maximum absolute atomic E-state index is 13.5. The van der Waals surface area contributed by atoms with E-state index in [0.717, 1.165) is 131 Å². The summed E-state index contributed by atoms with van der Waals surface area (Å²) in [6, 6.07) is 22.8. The predicted molar refractivity (Wildman–Crippen MR) is 560 cm³/mol. The monoisotopic (exact) mass is 2170 g/mol. The summed E-state index contributed by atoms with van der Waals surface area (Å²) < 4.78 is 159. The van der Waals surface area contributed by atoms with Gasteiger partial charge >= 0.3 is 15.6 Å². The van der Waals surface area contributed by atoms with Crippen molar-refractivity contribution in [3.05, 3.63) is 71.8 Å². The number of hydrogen-bond donors (Lipinski definition) is 2. The second kappa shape index (κ2) is 90.3. The fraction of sp³-hybridized carbons (Fsp3) is 0.868. The highest BCUT2D eigenvalue weighted by molar-refractivity contribution is 7.48. The first kappa shape index (κ1) is 141. The van der Waals surface area contributed by atoms with Crippen LogP contribution < -0.4 is 24.8 Å². The molecule has 2 aromatic carbocycles. The van der Waals surface area contributed by atoms with E-state index in [1.165, 1.54) is 70.8 Å². The number of halogens is 2. The van der Waals surface area contributed by atoms with E-state index in [9.17, 15) is 18.7 Å². The number of ether oxygens (including phenoxy) is 18. The van der Waals surface area contributed by atoms with Crippen molar-refractivity contribution in [2.24, 2.45) is 0 Å². The minimum atomic E-state index is -3.71. The summed E-state index contributed by atoms with van der Waals surface area (Å²) in [4.78, 5) is 33.1. The van der Waals surface area contributed by atoms with Gasteiger partial charge < -0.3 is 130 Å². The van der Waals surface area contributed by atoms with E-state index in [1.54, 1.807) is 14.2 Å². The van der Waals surface area contributed by atoms with Gasteiger partial charge in [0.2, 0.25) is 11.8 Å². The Hall–Kier alpha value is -2.78. The highest BCUT2D eigenvalue weighted by atomic mass is 35.5. The molecule has 40 heteroatoms. The third kappa shape index (κ3) is 67.2. The van der Waals surface area contributed by atoms with E-state index < -0.39 is 26.8 Å². The molecule has 6 aliphatic heterocycles. The zero-order valence-electron chi connectivity index (χ0n) is 93.0. The average Bonchev–Trinajstić information content (AvgIpc) is 1.65. The summed E-state index contributed by atoms with van der Waals surface area (Å²) in [5.74, 6) is 0.420. The Morgan fingerprint density at radius 1 is 0.329 bits per heavy atom. The zero-order valence-corrected chi connectivity index (χ0v) is 96.3. The number of methoxy groups -OCH3 is 2. The van der Waals surface area contributed by atoms with E-state index in [4.69, 9.17) is 123 Å². The number of aliphatic hydroxyl groups excluding tert-OH is 2. The molecule has 8 unspecified atom stereocenters. The topological polar surface area (TPSA) is 343 Å². The SMILES string of the molecule is CCC1CCCN1C(=O)CCOCCOCCOCCOCCO.CCC1CCCN1C(=O)CCOCCOCCOCCOCCOC.CCC1CCCN1COCCOCCOCCOCCO.CCC1CCCN1COCCOCCOCCOCCOC.CCC1CCC[N+]1(CC)COP(=O)(OC(C)(C)C)OC(C)(C)C.CCC1CCC[N+]1(CC)COP(=O)(OCc1ccccc1)OCc1ccccc1.[Cl-].[Cl-]. The minimum Gasteiger partial charge on any atom is -1.00 e. The number of aliphatic hydroxyl groups is 2. The molecule has 6 fully saturated rings. The molecule has 2 aromatic rings. The van der Waals surface area contributed by atoms with E-state index in [1.807, 2.05) is 112 Å². The van der Waals surface area contributed by atoms with Crippen LogP contribution in [-0.2, 0) is 144 Å². The van der Waals surface area contributed by atoms with Gasteiger partial charge in [-0.2, -0.15) is 0 Å². The Morgan fingerprint density at radius 2 is 0.596 bits per heavy atom. The van der Waals surface area contributed by atoms with Gasteiger partial charge in [0.05, 0.1) is 314 Å². The molecule has 0 radical (unpaired) electrons. The van der Waals surface area contributed by atoms with Crippen LogP contribution in [0.4, 0.5) is 0 Å². The lowest BCUT2D eigenvalue weighted by molar-refractivity contribution is -0.952. The highest BCUT2D eigenvalue weighted by Crippen LogP contribution is 2.56. The molecular formula is C106H202Cl2N6O30P2. The van der Waals surface area contributed by atoms with Crippen LogP contribution in [0.2, 0.25) is 0 Å². The number of hydrogen-bond acceptors (Lipinski definition) is 32. The van der Waals surface area contributed by atoms with Crippen LogP contribution in [0, 0.1) is 0 Å². The Balaban J connectivity index is 0.000000877. The van der Waals surface area contributed by atoms with Crippen molar-refractivity contribution >= 4 is 27.5 Å². The van der Waals surface area contributed by atoms with Crippen molar-refractivity contribution in [2.75, 3.05) is 318 Å². The first-order chi connectivity index (χ1) is 69.8. The van der Waals surface area contributed by atoms with E-state index in [0.29, 0.717) is 274 Å². The fourth-order valence-electron chi connectivity index (χ4n) is 17.9. The smallest absolute Gasteiger partial charge is 0.480 e. The molecule has 8 rings (SSSR count). The fourth-order valence-corrected chi connectivity index (χ4v) is 20.9. The number of rotatable bonds is 78. The van der Waals surface area contributed by atoms with Crippen molar-refractivity contribution in [1.29, 1.82) is 0 Å². The summed E-state index contributed by atoms with van der Waals surface area (Å²) in [7, 11) is -4.03. The molecule has 146 heavy (non-hydrogen) atoms. The van der Waals surface area contributed by atoms with Crippen molar-refractivity contribution in [2.45, 2.75) is 286 Å². The number of carbonyl (C=O) groups excluding carboxylic acids is 2. The minimum absolute atomic E-state index is 0. The van der Waals surface area contributed by atoms with Crippen LogP contribution in [0.3, 0.4) is 0 Å². The summed E-state index contributed by atoms with van der Waals surface area (Å²) >= 11 is 0. The third-order valence-corrected chi connectivity index (χ3v) is 29.0. The highest BCUT2D eigenvalue weighted by Gasteiger charge is 2.46. The number of amides is 2. The van der Waals surface area contributed by atoms with Crippen molar-refractivity contribution in [3.8, 4) is 0 Å². The molecule has 860 valence electrons. The van der Waals surface area contributed by atoms with Crippen molar-refractivity contribution < 1.29 is 175 Å². The number of nitrogens with zero attached hydrogens (tertiary/aromatic N) is 6. The van der Waals surface area contributed by atoms with Crippen LogP contribution in [0.15, 0.2) is 60.7 Å². The van der Waals surface area contributed by atoms with Gasteiger partial charge in [-0.15, -0.1) is 0 Å². The van der Waals surface area contributed by atoms with Crippen LogP contribution in [-0.4, -0.2) is 416 Å². The maximum Gasteiger partial charge on any atom is 0.480 e. The Morgan fingerprint density at radius 3 is 0.870 bits per heavy atom. The van der Waals surface area contributed by atoms with E-state index in [-0.39, 0.29) is 63.1 Å². The maximum atomic E-state index is 13.5. The van der Waals surface area contributed by atoms with Gasteiger partial charge in [-0.1, -0.05) is 102 Å². The molecule has 6 saturated heterocycles. The van der Waals surface area contributed by atoms with Gasteiger partial charge in [0.25, 0.3) is 0 Å². The number of quaternary nitrogens is 2. The third-order valence-electron chi connectivity index (χ3n) is 25.7. The van der Waals surface area contributed by atoms with Crippen LogP contribution in [0.5, 0.6) is 0 Å². The number of likely N-dealkylation sites (tertiary alicyclic amines) is 6. The molecule has 2 amide bonds. The van der Waals surface area contributed by atoms with E-state index in [2.05, 4.69) is 65.2 Å². The Kier molecular flexibility index (Phi) is 87.4. The number of benzene rings is 2. The second-order valence-corrected chi connectivity index (χ2v) is 41.6. The molecule has 2 N–H and O–H groups in total. The van der Waals surface area contributed by atoms with E-state index >= 15 is 0 Å². The number of phosphoric ester groups is 2. The zero-order chi connectivity index (χ0) is 105. The van der Waals surface area contributed by atoms with Gasteiger partial charge in [0, 0.05) is 90.2 Å². The lowest BCUT2D eigenvalue weighted by Crippen LogP contribution is -3.00. The summed E-state index contributed by atoms with van der Waals surface area (Å²) in [6.45, 7) is 56.9. The van der Waals surface area contributed by atoms with Gasteiger partial charge in [-0.3, -0.25) is 46.4 Å². The molecule has 6 heterocycles. The summed E-state index contributed by atoms with van der Waals surface area (Å²) in [5.41, 5.74) is 0.693. The molecular weight excluding hydrogens is 1970 g/mol. The average molecular weight is 2170 g/mol. The lowest BCUT2D eigenvalue weighted by Gasteiger charge is -2.40. The second-order valence-electron chi connectivity index (χ2n) is 38.5. The van der Waals surface area contributed by atoms with Gasteiger partial charge in [-0.05, 0) is 156 Å². The van der Waals surface area contributed by atoms with Crippen molar-refractivity contribution in [1.82, 2.24) is 19.6 Å². The van der Waals surface area contributed by atoms with Crippen LogP contribution >= 0.6 is 15.6 Å². The number of phosphoric acid groups is 2. The molecule has 0 aromatic heterocycles. The van der Waals surface area contributed by atoms with Crippen molar-refractivity contribution in [3.63, 3.8) is 0 Å². The van der Waals surface area contributed by atoms with Gasteiger partial charge in [0.1, 0.15) is 0 Å². The molecule has 0 spiro atoms. The molecule has 0 saturated carbocycles. The lowest BCUT2D eigenvalue weighted by atomic mass is 10.1. The first-order valence-electron chi connectivity index (χ1n) is 54.3. The Bertz CT molecular complexity index is 3350. The molecule has 0 bridgehead atoms. The van der Waals surface area contributed by atoms with Crippen LogP contribution in [0.1, 0.15) is 236 Å².